The molecular weight excluding hydrogens is 593 g/mol. The maximum absolute atomic E-state index is 2.57. The molecule has 0 amide bonds. The van der Waals surface area contributed by atoms with Gasteiger partial charge in [-0.3, -0.25) is 0 Å². The molecule has 9 aromatic rings. The van der Waals surface area contributed by atoms with Gasteiger partial charge in [0.2, 0.25) is 6.71 Å². The van der Waals surface area contributed by atoms with Gasteiger partial charge in [0.1, 0.15) is 0 Å². The summed E-state index contributed by atoms with van der Waals surface area (Å²) in [6, 6.07) is 54.6. The lowest BCUT2D eigenvalue weighted by atomic mass is 9.37. The molecule has 0 atom stereocenters. The van der Waals surface area contributed by atoms with Crippen molar-refractivity contribution < 1.29 is 0 Å². The van der Waals surface area contributed by atoms with Crippen molar-refractivity contribution in [3.63, 3.8) is 0 Å². The second kappa shape index (κ2) is 9.20. The fourth-order valence-electron chi connectivity index (χ4n) is 8.08. The minimum atomic E-state index is 0.192. The first kappa shape index (κ1) is 25.1. The Bertz CT molecular complexity index is 2720. The molecule has 0 saturated heterocycles. The van der Waals surface area contributed by atoms with E-state index in [4.69, 9.17) is 0 Å². The molecule has 0 unspecified atom stereocenters. The molecule has 2 aromatic heterocycles. The highest BCUT2D eigenvalue weighted by molar-refractivity contribution is 7.26. The van der Waals surface area contributed by atoms with Crippen LogP contribution in [0.5, 0.6) is 0 Å². The van der Waals surface area contributed by atoms with Crippen molar-refractivity contribution in [2.24, 2.45) is 0 Å². The van der Waals surface area contributed by atoms with Gasteiger partial charge in [0.15, 0.2) is 0 Å². The summed E-state index contributed by atoms with van der Waals surface area (Å²) in [5.41, 5.74) is 13.2. The predicted octanol–water partition coefficient (Wildman–Crippen LogP) is 10.4. The van der Waals surface area contributed by atoms with Crippen LogP contribution in [0.3, 0.4) is 0 Å². The van der Waals surface area contributed by atoms with Crippen LogP contribution < -0.4 is 21.3 Å². The predicted molar refractivity (Wildman–Crippen MR) is 202 cm³/mol. The van der Waals surface area contributed by atoms with Crippen molar-refractivity contribution in [3.05, 3.63) is 146 Å². The zero-order chi connectivity index (χ0) is 29.9. The van der Waals surface area contributed by atoms with E-state index in [1.165, 1.54) is 96.0 Å². The van der Waals surface area contributed by atoms with Crippen LogP contribution in [0.25, 0.3) is 62.6 Å². The van der Waals surface area contributed by atoms with Crippen LogP contribution in [0.15, 0.2) is 146 Å². The molecule has 0 bridgehead atoms. The third-order valence-corrected chi connectivity index (χ3v) is 12.3. The highest BCUT2D eigenvalue weighted by atomic mass is 32.1. The number of anilines is 3. The Morgan fingerprint density at radius 1 is 0.413 bits per heavy atom. The summed E-state index contributed by atoms with van der Waals surface area (Å²) in [5.74, 6) is 0. The van der Waals surface area contributed by atoms with E-state index in [0.717, 1.165) is 0 Å². The Kier molecular flexibility index (Phi) is 5.02. The van der Waals surface area contributed by atoms with Crippen LogP contribution in [-0.4, -0.2) is 6.71 Å². The van der Waals surface area contributed by atoms with Gasteiger partial charge >= 0.3 is 0 Å². The van der Waals surface area contributed by atoms with Crippen LogP contribution in [0.4, 0.5) is 17.1 Å². The fraction of sp³-hybridized carbons (Fsp3) is 0. The van der Waals surface area contributed by atoms with Gasteiger partial charge in [-0.2, -0.15) is 0 Å². The van der Waals surface area contributed by atoms with Crippen LogP contribution >= 0.6 is 22.7 Å². The molecule has 0 saturated carbocycles. The van der Waals surface area contributed by atoms with Crippen molar-refractivity contribution in [1.82, 2.24) is 0 Å². The number of hydrogen-bond donors (Lipinski definition) is 0. The van der Waals surface area contributed by atoms with Gasteiger partial charge in [-0.15, -0.1) is 22.7 Å². The summed E-state index contributed by atoms with van der Waals surface area (Å²) in [5, 5.41) is 5.32. The van der Waals surface area contributed by atoms with Crippen LogP contribution in [0.2, 0.25) is 0 Å². The highest BCUT2D eigenvalue weighted by Gasteiger charge is 2.43. The summed E-state index contributed by atoms with van der Waals surface area (Å²) in [6.45, 7) is 0.192. The molecule has 7 aromatic carbocycles. The molecule has 0 aliphatic carbocycles. The van der Waals surface area contributed by atoms with Crippen LogP contribution in [-0.2, 0) is 0 Å². The zero-order valence-corrected chi connectivity index (χ0v) is 26.3. The molecule has 46 heavy (non-hydrogen) atoms. The van der Waals surface area contributed by atoms with Gasteiger partial charge in [0, 0.05) is 57.4 Å². The Morgan fingerprint density at radius 2 is 1.09 bits per heavy atom. The molecule has 2 aliphatic rings. The number of thiophene rings is 2. The minimum absolute atomic E-state index is 0.192. The monoisotopic (exact) mass is 617 g/mol. The third-order valence-electron chi connectivity index (χ3n) is 10.1. The van der Waals surface area contributed by atoms with E-state index in [0.29, 0.717) is 0 Å². The Morgan fingerprint density at radius 3 is 1.91 bits per heavy atom. The summed E-state index contributed by atoms with van der Waals surface area (Å²) < 4.78 is 5.36. The molecule has 0 radical (unpaired) electrons. The summed E-state index contributed by atoms with van der Waals surface area (Å²) >= 11 is 3.79. The standard InChI is InChI=1S/C42H24BNS2/c1-2-10-25(11-3-1)26-20-33-28-12-4-7-15-34(28)43-35-24-41-32(30-14-6-9-17-39(30)46-41)23-36(35)44(37(21-26)42(33)43)27-18-19-40-31(22-27)29-13-5-8-16-38(29)45-40/h1-24H. The number of nitrogens with zero attached hydrogens (tertiary/aromatic N) is 1. The first-order valence-corrected chi connectivity index (χ1v) is 17.4. The first-order valence-electron chi connectivity index (χ1n) is 15.8. The van der Waals surface area contributed by atoms with Gasteiger partial charge in [-0.05, 0) is 87.8 Å². The molecule has 4 heterocycles. The van der Waals surface area contributed by atoms with E-state index < -0.39 is 0 Å². The first-order chi connectivity index (χ1) is 22.8. The molecule has 0 fully saturated rings. The summed E-state index contributed by atoms with van der Waals surface area (Å²) in [4.78, 5) is 2.57. The maximum Gasteiger partial charge on any atom is 0.248 e. The van der Waals surface area contributed by atoms with E-state index in [9.17, 15) is 0 Å². The van der Waals surface area contributed by atoms with Gasteiger partial charge in [0.25, 0.3) is 0 Å². The molecule has 11 rings (SSSR count). The molecule has 0 spiro atoms. The molecule has 2 aliphatic heterocycles. The lowest BCUT2D eigenvalue weighted by Gasteiger charge is -2.36. The SMILES string of the molecule is c1ccc(-c2cc3c4c(c2)N(c2ccc5sc6ccccc6c5c2)c2cc5c(cc2B4c2ccccc2-3)sc2ccccc25)cc1. The number of hydrogen-bond acceptors (Lipinski definition) is 3. The lowest BCUT2D eigenvalue weighted by molar-refractivity contribution is 1.31. The Hall–Kier alpha value is -5.16. The van der Waals surface area contributed by atoms with E-state index in [-0.39, 0.29) is 6.71 Å². The minimum Gasteiger partial charge on any atom is -0.311 e. The van der Waals surface area contributed by atoms with E-state index >= 15 is 0 Å². The quantitative estimate of drug-likeness (QED) is 0.175. The van der Waals surface area contributed by atoms with Crippen molar-refractivity contribution in [1.29, 1.82) is 0 Å². The van der Waals surface area contributed by atoms with E-state index in [1.807, 2.05) is 22.7 Å². The zero-order valence-electron chi connectivity index (χ0n) is 24.7. The molecule has 4 heteroatoms. The van der Waals surface area contributed by atoms with Crippen molar-refractivity contribution in [2.75, 3.05) is 4.90 Å². The van der Waals surface area contributed by atoms with E-state index in [1.54, 1.807) is 0 Å². The van der Waals surface area contributed by atoms with Gasteiger partial charge in [-0.25, -0.2) is 0 Å². The Balaban J connectivity index is 1.28. The normalized spacial score (nSPS) is 13.1. The van der Waals surface area contributed by atoms with Crippen molar-refractivity contribution in [2.45, 2.75) is 0 Å². The average Bonchev–Trinajstić information content (AvgIpc) is 3.78. The van der Waals surface area contributed by atoms with Crippen molar-refractivity contribution in [3.8, 4) is 22.3 Å². The summed E-state index contributed by atoms with van der Waals surface area (Å²) in [6.07, 6.45) is 0. The average molecular weight is 618 g/mol. The molecule has 212 valence electrons. The lowest BCUT2D eigenvalue weighted by Crippen LogP contribution is -2.54. The fourth-order valence-corrected chi connectivity index (χ4v) is 10.3. The number of rotatable bonds is 2. The largest absolute Gasteiger partial charge is 0.311 e. The maximum atomic E-state index is 2.57. The van der Waals surface area contributed by atoms with Gasteiger partial charge in [-0.1, -0.05) is 96.5 Å². The number of benzene rings is 7. The molecule has 0 N–H and O–H groups in total. The topological polar surface area (TPSA) is 3.24 Å². The second-order valence-electron chi connectivity index (χ2n) is 12.5. The van der Waals surface area contributed by atoms with Gasteiger partial charge < -0.3 is 4.90 Å². The Labute approximate surface area is 274 Å². The summed E-state index contributed by atoms with van der Waals surface area (Å²) in [7, 11) is 0. The van der Waals surface area contributed by atoms with Gasteiger partial charge in [0.05, 0.1) is 0 Å². The highest BCUT2D eigenvalue weighted by Crippen LogP contribution is 2.47. The van der Waals surface area contributed by atoms with E-state index in [2.05, 4.69) is 150 Å². The second-order valence-corrected chi connectivity index (χ2v) is 14.6. The molecular formula is C42H24BNS2. The number of fused-ring (bicyclic) bond motifs is 11. The van der Waals surface area contributed by atoms with Crippen LogP contribution in [0, 0.1) is 0 Å². The van der Waals surface area contributed by atoms with Crippen molar-refractivity contribution >= 4 is 103 Å². The molecule has 1 nitrogen and oxygen atoms in total. The third kappa shape index (κ3) is 3.35. The van der Waals surface area contributed by atoms with Crippen LogP contribution in [0.1, 0.15) is 0 Å². The smallest absolute Gasteiger partial charge is 0.248 e.